The van der Waals surface area contributed by atoms with Crippen molar-refractivity contribution < 1.29 is 9.90 Å². The first-order valence-corrected chi connectivity index (χ1v) is 4.34. The first-order valence-electron chi connectivity index (χ1n) is 4.34. The van der Waals surface area contributed by atoms with Crippen LogP contribution in [0.25, 0.3) is 0 Å². The Kier molecular flexibility index (Phi) is 3.20. The molecule has 1 unspecified atom stereocenters. The number of aldehydes is 1. The van der Waals surface area contributed by atoms with Crippen LogP contribution in [-0.2, 0) is 4.79 Å². The maximum atomic E-state index is 10.3. The topological polar surface area (TPSA) is 37.3 Å². The van der Waals surface area contributed by atoms with Crippen molar-refractivity contribution in [3.63, 3.8) is 0 Å². The molecule has 13 heavy (non-hydrogen) atoms. The van der Waals surface area contributed by atoms with Crippen LogP contribution in [0.4, 0.5) is 0 Å². The molecule has 1 N–H and O–H groups in total. The predicted octanol–water partition coefficient (Wildman–Crippen LogP) is 1.93. The van der Waals surface area contributed by atoms with Crippen molar-refractivity contribution in [1.29, 1.82) is 0 Å². The Balaban J connectivity index is 3.04. The number of carbonyl (C=O) groups excluding carboxylic acids is 1. The molecule has 0 bridgehead atoms. The Morgan fingerprint density at radius 3 is 2.38 bits per heavy atom. The van der Waals surface area contributed by atoms with E-state index in [1.165, 1.54) is 0 Å². The third kappa shape index (κ3) is 2.16. The van der Waals surface area contributed by atoms with E-state index in [1.807, 2.05) is 32.0 Å². The van der Waals surface area contributed by atoms with Gasteiger partial charge >= 0.3 is 0 Å². The molecule has 1 aromatic rings. The molecule has 0 aliphatic rings. The lowest BCUT2D eigenvalue weighted by Crippen LogP contribution is -2.03. The molecule has 0 saturated heterocycles. The van der Waals surface area contributed by atoms with E-state index in [4.69, 9.17) is 0 Å². The van der Waals surface area contributed by atoms with Crippen molar-refractivity contribution in [2.24, 2.45) is 0 Å². The van der Waals surface area contributed by atoms with Gasteiger partial charge in [0.2, 0.25) is 0 Å². The van der Waals surface area contributed by atoms with E-state index in [9.17, 15) is 9.90 Å². The van der Waals surface area contributed by atoms with E-state index < -0.39 is 6.10 Å². The van der Waals surface area contributed by atoms with E-state index in [2.05, 4.69) is 0 Å². The maximum Gasteiger partial charge on any atom is 0.122 e. The maximum absolute atomic E-state index is 10.3. The van der Waals surface area contributed by atoms with Crippen LogP contribution < -0.4 is 0 Å². The highest BCUT2D eigenvalue weighted by Crippen LogP contribution is 2.23. The molecule has 0 fully saturated rings. The fraction of sp³-hybridized carbons (Fsp3) is 0.364. The van der Waals surface area contributed by atoms with E-state index in [-0.39, 0.29) is 6.42 Å². The highest BCUT2D eigenvalue weighted by atomic mass is 16.3. The zero-order valence-electron chi connectivity index (χ0n) is 7.95. The zero-order valence-corrected chi connectivity index (χ0v) is 7.95. The van der Waals surface area contributed by atoms with E-state index in [0.29, 0.717) is 0 Å². The number of hydrogen-bond acceptors (Lipinski definition) is 2. The van der Waals surface area contributed by atoms with Crippen molar-refractivity contribution in [2.75, 3.05) is 0 Å². The Bertz CT molecular complexity index is 285. The predicted molar refractivity (Wildman–Crippen MR) is 51.6 cm³/mol. The standard InChI is InChI=1S/C11H14O2/c1-8-4-3-5-9(2)11(8)10(13)6-7-12/h3-5,7,10,13H,6H2,1-2H3. The fourth-order valence-electron chi connectivity index (χ4n) is 1.56. The third-order valence-corrected chi connectivity index (χ3v) is 2.19. The average Bonchev–Trinajstić information content (AvgIpc) is 2.04. The fourth-order valence-corrected chi connectivity index (χ4v) is 1.56. The summed E-state index contributed by atoms with van der Waals surface area (Å²) < 4.78 is 0. The second-order valence-electron chi connectivity index (χ2n) is 3.22. The normalized spacial score (nSPS) is 12.5. The van der Waals surface area contributed by atoms with Gasteiger partial charge in [0.05, 0.1) is 6.10 Å². The molecular formula is C11H14O2. The van der Waals surface area contributed by atoms with Gasteiger partial charge in [-0.15, -0.1) is 0 Å². The molecule has 2 nitrogen and oxygen atoms in total. The summed E-state index contributed by atoms with van der Waals surface area (Å²) in [5.41, 5.74) is 2.96. The van der Waals surface area contributed by atoms with E-state index in [1.54, 1.807) is 0 Å². The summed E-state index contributed by atoms with van der Waals surface area (Å²) in [6, 6.07) is 5.83. The molecule has 0 saturated carbocycles. The summed E-state index contributed by atoms with van der Waals surface area (Å²) in [6.07, 6.45) is 0.265. The van der Waals surface area contributed by atoms with Crippen LogP contribution >= 0.6 is 0 Å². The monoisotopic (exact) mass is 178 g/mol. The van der Waals surface area contributed by atoms with Gasteiger partial charge in [-0.05, 0) is 30.5 Å². The SMILES string of the molecule is Cc1cccc(C)c1C(O)CC=O. The minimum atomic E-state index is -0.654. The highest BCUT2D eigenvalue weighted by Gasteiger charge is 2.11. The number of hydrogen-bond donors (Lipinski definition) is 1. The van der Waals surface area contributed by atoms with Gasteiger partial charge in [0, 0.05) is 6.42 Å². The van der Waals surface area contributed by atoms with E-state index in [0.717, 1.165) is 23.0 Å². The number of aliphatic hydroxyl groups excluding tert-OH is 1. The van der Waals surface area contributed by atoms with Gasteiger partial charge in [-0.25, -0.2) is 0 Å². The van der Waals surface area contributed by atoms with Crippen LogP contribution in [0.3, 0.4) is 0 Å². The first-order chi connectivity index (χ1) is 6.16. The minimum absolute atomic E-state index is 0.172. The van der Waals surface area contributed by atoms with Gasteiger partial charge in [-0.3, -0.25) is 0 Å². The summed E-state index contributed by atoms with van der Waals surface area (Å²) in [5, 5.41) is 9.65. The lowest BCUT2D eigenvalue weighted by Gasteiger charge is -2.13. The van der Waals surface area contributed by atoms with Crippen molar-refractivity contribution >= 4 is 6.29 Å². The molecule has 0 spiro atoms. The largest absolute Gasteiger partial charge is 0.388 e. The summed E-state index contributed by atoms with van der Waals surface area (Å²) in [5.74, 6) is 0. The van der Waals surface area contributed by atoms with Gasteiger partial charge in [-0.2, -0.15) is 0 Å². The van der Waals surface area contributed by atoms with Crippen LogP contribution in [0.1, 0.15) is 29.2 Å². The van der Waals surface area contributed by atoms with Crippen LogP contribution in [0.15, 0.2) is 18.2 Å². The molecule has 0 amide bonds. The summed E-state index contributed by atoms with van der Waals surface area (Å²) in [7, 11) is 0. The molecule has 1 aromatic carbocycles. The lowest BCUT2D eigenvalue weighted by atomic mass is 9.97. The molecule has 0 aliphatic heterocycles. The lowest BCUT2D eigenvalue weighted by molar-refractivity contribution is -0.109. The van der Waals surface area contributed by atoms with Crippen LogP contribution in [0.2, 0.25) is 0 Å². The number of aryl methyl sites for hydroxylation is 2. The van der Waals surface area contributed by atoms with Crippen LogP contribution in [0.5, 0.6) is 0 Å². The van der Waals surface area contributed by atoms with Gasteiger partial charge < -0.3 is 9.90 Å². The van der Waals surface area contributed by atoms with Gasteiger partial charge in [0.25, 0.3) is 0 Å². The molecule has 0 aliphatic carbocycles. The molecule has 2 heteroatoms. The number of benzene rings is 1. The molecular weight excluding hydrogens is 164 g/mol. The number of rotatable bonds is 3. The molecule has 0 radical (unpaired) electrons. The average molecular weight is 178 g/mol. The zero-order chi connectivity index (χ0) is 9.84. The van der Waals surface area contributed by atoms with Gasteiger partial charge in [0.1, 0.15) is 6.29 Å². The highest BCUT2D eigenvalue weighted by molar-refractivity contribution is 5.52. The van der Waals surface area contributed by atoms with Crippen molar-refractivity contribution in [3.05, 3.63) is 34.9 Å². The van der Waals surface area contributed by atoms with Crippen molar-refractivity contribution in [3.8, 4) is 0 Å². The van der Waals surface area contributed by atoms with E-state index >= 15 is 0 Å². The van der Waals surface area contributed by atoms with Crippen molar-refractivity contribution in [2.45, 2.75) is 26.4 Å². The Labute approximate surface area is 78.2 Å². The Morgan fingerprint density at radius 1 is 1.38 bits per heavy atom. The summed E-state index contributed by atoms with van der Waals surface area (Å²) in [4.78, 5) is 10.3. The minimum Gasteiger partial charge on any atom is -0.388 e. The Morgan fingerprint density at radius 2 is 1.92 bits per heavy atom. The molecule has 1 atom stereocenters. The van der Waals surface area contributed by atoms with Crippen LogP contribution in [-0.4, -0.2) is 11.4 Å². The quantitative estimate of drug-likeness (QED) is 0.718. The molecule has 1 rings (SSSR count). The van der Waals surface area contributed by atoms with Gasteiger partial charge in [0.15, 0.2) is 0 Å². The molecule has 70 valence electrons. The van der Waals surface area contributed by atoms with Crippen molar-refractivity contribution in [1.82, 2.24) is 0 Å². The molecule has 0 aromatic heterocycles. The third-order valence-electron chi connectivity index (χ3n) is 2.19. The van der Waals surface area contributed by atoms with Crippen LogP contribution in [0, 0.1) is 13.8 Å². The summed E-state index contributed by atoms with van der Waals surface area (Å²) in [6.45, 7) is 3.88. The smallest absolute Gasteiger partial charge is 0.122 e. The second kappa shape index (κ2) is 4.19. The summed E-state index contributed by atoms with van der Waals surface area (Å²) >= 11 is 0. The van der Waals surface area contributed by atoms with Gasteiger partial charge in [-0.1, -0.05) is 18.2 Å². The first kappa shape index (κ1) is 9.93. The second-order valence-corrected chi connectivity index (χ2v) is 3.22. The Hall–Kier alpha value is -1.15. The number of aliphatic hydroxyl groups is 1. The molecule has 0 heterocycles. The number of carbonyl (C=O) groups is 1.